The lowest BCUT2D eigenvalue weighted by molar-refractivity contribution is 0.0266. The lowest BCUT2D eigenvalue weighted by Gasteiger charge is -2.25. The van der Waals surface area contributed by atoms with Gasteiger partial charge in [-0.3, -0.25) is 0 Å². The van der Waals surface area contributed by atoms with E-state index in [1.807, 2.05) is 0 Å². The van der Waals surface area contributed by atoms with Gasteiger partial charge in [0.05, 0.1) is 12.7 Å². The molecule has 1 aliphatic rings. The third kappa shape index (κ3) is 2.16. The highest BCUT2D eigenvalue weighted by Crippen LogP contribution is 2.25. The van der Waals surface area contributed by atoms with E-state index in [2.05, 4.69) is 5.32 Å². The molecule has 1 N–H and O–H groups in total. The maximum absolute atomic E-state index is 13.3. The standard InChI is InChI=1S/C11H13F2NO/c12-6-9-8(2-1-3-10(9)13)11-7-14-4-5-15-11/h1-3,11,14H,4-7H2. The topological polar surface area (TPSA) is 21.3 Å². The minimum atomic E-state index is -0.790. The van der Waals surface area contributed by atoms with E-state index in [-0.39, 0.29) is 11.7 Å². The Labute approximate surface area is 87.2 Å². The van der Waals surface area contributed by atoms with Crippen LogP contribution < -0.4 is 5.32 Å². The zero-order valence-corrected chi connectivity index (χ0v) is 8.30. The van der Waals surface area contributed by atoms with Crippen molar-refractivity contribution in [2.75, 3.05) is 19.7 Å². The molecule has 0 spiro atoms. The minimum Gasteiger partial charge on any atom is -0.371 e. The summed E-state index contributed by atoms with van der Waals surface area (Å²) in [6.07, 6.45) is -0.236. The third-order valence-corrected chi connectivity index (χ3v) is 2.56. The second kappa shape index (κ2) is 4.68. The van der Waals surface area contributed by atoms with Gasteiger partial charge in [-0.25, -0.2) is 8.78 Å². The van der Waals surface area contributed by atoms with Gasteiger partial charge < -0.3 is 10.1 Å². The van der Waals surface area contributed by atoms with E-state index in [9.17, 15) is 8.78 Å². The molecule has 0 aromatic heterocycles. The molecule has 1 aromatic rings. The molecule has 0 bridgehead atoms. The van der Waals surface area contributed by atoms with Gasteiger partial charge in [-0.1, -0.05) is 12.1 Å². The van der Waals surface area contributed by atoms with Crippen LogP contribution in [0, 0.1) is 5.82 Å². The number of hydrogen-bond acceptors (Lipinski definition) is 2. The molecule has 1 heterocycles. The summed E-state index contributed by atoms with van der Waals surface area (Å²) in [4.78, 5) is 0. The van der Waals surface area contributed by atoms with E-state index in [1.165, 1.54) is 6.07 Å². The van der Waals surface area contributed by atoms with Crippen LogP contribution in [0.4, 0.5) is 8.78 Å². The Hall–Kier alpha value is -1.00. The monoisotopic (exact) mass is 213 g/mol. The lowest BCUT2D eigenvalue weighted by Crippen LogP contribution is -2.33. The van der Waals surface area contributed by atoms with E-state index >= 15 is 0 Å². The van der Waals surface area contributed by atoms with E-state index in [1.54, 1.807) is 12.1 Å². The van der Waals surface area contributed by atoms with Gasteiger partial charge in [-0.15, -0.1) is 0 Å². The molecule has 15 heavy (non-hydrogen) atoms. The molecule has 0 aliphatic carbocycles. The highest BCUT2D eigenvalue weighted by atomic mass is 19.1. The van der Waals surface area contributed by atoms with Gasteiger partial charge in [0.2, 0.25) is 0 Å². The smallest absolute Gasteiger partial charge is 0.129 e. The molecule has 1 saturated heterocycles. The number of rotatable bonds is 2. The van der Waals surface area contributed by atoms with Crippen LogP contribution in [0.5, 0.6) is 0 Å². The first-order chi connectivity index (χ1) is 7.33. The number of nitrogens with one attached hydrogen (secondary N) is 1. The number of benzene rings is 1. The molecule has 0 amide bonds. The van der Waals surface area contributed by atoms with E-state index in [0.29, 0.717) is 18.7 Å². The molecule has 1 aliphatic heterocycles. The summed E-state index contributed by atoms with van der Waals surface area (Å²) < 4.78 is 31.4. The molecule has 2 nitrogen and oxygen atoms in total. The Morgan fingerprint density at radius 1 is 1.47 bits per heavy atom. The predicted molar refractivity (Wildman–Crippen MR) is 52.8 cm³/mol. The Balaban J connectivity index is 2.29. The number of hydrogen-bond donors (Lipinski definition) is 1. The Morgan fingerprint density at radius 2 is 2.33 bits per heavy atom. The van der Waals surface area contributed by atoms with Crippen LogP contribution in [0.1, 0.15) is 17.2 Å². The summed E-state index contributed by atoms with van der Waals surface area (Å²) in [6, 6.07) is 4.58. The van der Waals surface area contributed by atoms with Gasteiger partial charge in [-0.2, -0.15) is 0 Å². The Morgan fingerprint density at radius 3 is 3.00 bits per heavy atom. The van der Waals surface area contributed by atoms with Crippen molar-refractivity contribution in [3.05, 3.63) is 35.1 Å². The van der Waals surface area contributed by atoms with Gasteiger partial charge >= 0.3 is 0 Å². The fourth-order valence-corrected chi connectivity index (χ4v) is 1.78. The van der Waals surface area contributed by atoms with E-state index < -0.39 is 12.5 Å². The average Bonchev–Trinajstić information content (AvgIpc) is 2.30. The first-order valence-corrected chi connectivity index (χ1v) is 4.98. The SMILES string of the molecule is FCc1c(F)cccc1C1CNCCO1. The maximum Gasteiger partial charge on any atom is 0.129 e. The quantitative estimate of drug-likeness (QED) is 0.810. The Kier molecular flexibility index (Phi) is 3.28. The van der Waals surface area contributed by atoms with Crippen LogP contribution in [-0.4, -0.2) is 19.7 Å². The van der Waals surface area contributed by atoms with Crippen molar-refractivity contribution >= 4 is 0 Å². The fraction of sp³-hybridized carbons (Fsp3) is 0.455. The van der Waals surface area contributed by atoms with Crippen LogP contribution in [-0.2, 0) is 11.4 Å². The van der Waals surface area contributed by atoms with Crippen molar-refractivity contribution in [2.45, 2.75) is 12.8 Å². The number of ether oxygens (including phenoxy) is 1. The van der Waals surface area contributed by atoms with Crippen molar-refractivity contribution in [1.29, 1.82) is 0 Å². The van der Waals surface area contributed by atoms with Crippen molar-refractivity contribution in [2.24, 2.45) is 0 Å². The summed E-state index contributed by atoms with van der Waals surface area (Å²) in [5.41, 5.74) is 0.732. The summed E-state index contributed by atoms with van der Waals surface area (Å²) in [5, 5.41) is 3.13. The first kappa shape index (κ1) is 10.5. The Bertz CT molecular complexity index is 337. The van der Waals surface area contributed by atoms with Crippen LogP contribution >= 0.6 is 0 Å². The van der Waals surface area contributed by atoms with Gasteiger partial charge in [0.25, 0.3) is 0 Å². The van der Waals surface area contributed by atoms with Crippen molar-refractivity contribution in [1.82, 2.24) is 5.32 Å². The van der Waals surface area contributed by atoms with Crippen molar-refractivity contribution in [3.63, 3.8) is 0 Å². The van der Waals surface area contributed by atoms with Crippen LogP contribution in [0.25, 0.3) is 0 Å². The van der Waals surface area contributed by atoms with Crippen LogP contribution in [0.2, 0.25) is 0 Å². The predicted octanol–water partition coefficient (Wildman–Crippen LogP) is 1.96. The van der Waals surface area contributed by atoms with Gasteiger partial charge in [-0.05, 0) is 11.6 Å². The maximum atomic E-state index is 13.3. The van der Waals surface area contributed by atoms with E-state index in [0.717, 1.165) is 6.54 Å². The second-order valence-electron chi connectivity index (χ2n) is 3.50. The molecular weight excluding hydrogens is 200 g/mol. The van der Waals surface area contributed by atoms with Crippen LogP contribution in [0.15, 0.2) is 18.2 Å². The summed E-state index contributed by atoms with van der Waals surface area (Å²) in [6.45, 7) is 1.18. The molecule has 1 atom stereocenters. The molecule has 1 aromatic carbocycles. The average molecular weight is 213 g/mol. The largest absolute Gasteiger partial charge is 0.371 e. The molecule has 4 heteroatoms. The zero-order valence-electron chi connectivity index (χ0n) is 8.30. The molecule has 0 saturated carbocycles. The normalized spacial score (nSPS) is 21.6. The minimum absolute atomic E-state index is 0.117. The summed E-state index contributed by atoms with van der Waals surface area (Å²) >= 11 is 0. The highest BCUT2D eigenvalue weighted by Gasteiger charge is 2.20. The lowest BCUT2D eigenvalue weighted by atomic mass is 10.0. The summed E-state index contributed by atoms with van der Waals surface area (Å²) in [7, 11) is 0. The van der Waals surface area contributed by atoms with Gasteiger partial charge in [0.15, 0.2) is 0 Å². The third-order valence-electron chi connectivity index (χ3n) is 2.56. The van der Waals surface area contributed by atoms with Crippen molar-refractivity contribution in [3.8, 4) is 0 Å². The molecular formula is C11H13F2NO. The number of halogens is 2. The fourth-order valence-electron chi connectivity index (χ4n) is 1.78. The molecule has 82 valence electrons. The zero-order chi connectivity index (χ0) is 10.7. The number of alkyl halides is 1. The van der Waals surface area contributed by atoms with Gasteiger partial charge in [0.1, 0.15) is 12.5 Å². The molecule has 1 fully saturated rings. The summed E-state index contributed by atoms with van der Waals surface area (Å²) in [5.74, 6) is -0.496. The molecule has 1 unspecified atom stereocenters. The highest BCUT2D eigenvalue weighted by molar-refractivity contribution is 5.30. The van der Waals surface area contributed by atoms with E-state index in [4.69, 9.17) is 4.74 Å². The van der Waals surface area contributed by atoms with Crippen molar-refractivity contribution < 1.29 is 13.5 Å². The molecule has 2 rings (SSSR count). The second-order valence-corrected chi connectivity index (χ2v) is 3.50. The molecule has 0 radical (unpaired) electrons. The van der Waals surface area contributed by atoms with Crippen LogP contribution in [0.3, 0.4) is 0 Å². The van der Waals surface area contributed by atoms with Gasteiger partial charge in [0, 0.05) is 18.7 Å². The first-order valence-electron chi connectivity index (χ1n) is 4.98. The number of morpholine rings is 1.